The predicted octanol–water partition coefficient (Wildman–Crippen LogP) is 5.02. The Labute approximate surface area is 205 Å². The van der Waals surface area contributed by atoms with Gasteiger partial charge in [0.05, 0.1) is 24.9 Å². The van der Waals surface area contributed by atoms with Crippen LogP contribution < -0.4 is 5.73 Å². The van der Waals surface area contributed by atoms with Crippen LogP contribution in [-0.4, -0.2) is 29.0 Å². The second-order valence-electron chi connectivity index (χ2n) is 10.4. The number of nitrogens with two attached hydrogens (primary N) is 1. The maximum atomic E-state index is 13.4. The topological polar surface area (TPSA) is 70.3 Å². The van der Waals surface area contributed by atoms with Crippen molar-refractivity contribution in [2.75, 3.05) is 13.2 Å². The maximum Gasteiger partial charge on any atom is 0.168 e. The van der Waals surface area contributed by atoms with Crippen molar-refractivity contribution in [3.05, 3.63) is 94.8 Å². The Morgan fingerprint density at radius 3 is 2.66 bits per heavy atom. The highest BCUT2D eigenvalue weighted by Gasteiger charge is 2.53. The van der Waals surface area contributed by atoms with Gasteiger partial charge in [-0.3, -0.25) is 9.97 Å². The lowest BCUT2D eigenvalue weighted by molar-refractivity contribution is -0.199. The van der Waals surface area contributed by atoms with E-state index in [1.54, 1.807) is 12.1 Å². The number of halogens is 1. The monoisotopic (exact) mass is 473 g/mol. The maximum absolute atomic E-state index is 13.4. The lowest BCUT2D eigenvalue weighted by Crippen LogP contribution is -2.49. The van der Waals surface area contributed by atoms with Gasteiger partial charge in [0, 0.05) is 36.3 Å². The highest BCUT2D eigenvalue weighted by Crippen LogP contribution is 2.55. The fourth-order valence-corrected chi connectivity index (χ4v) is 6.66. The summed E-state index contributed by atoms with van der Waals surface area (Å²) in [5, 5.41) is 0. The number of benzene rings is 1. The van der Waals surface area contributed by atoms with Crippen LogP contribution in [-0.2, 0) is 27.7 Å². The molecule has 182 valence electrons. The third-order valence-electron chi connectivity index (χ3n) is 8.42. The summed E-state index contributed by atoms with van der Waals surface area (Å²) in [6.07, 6.45) is 10.8. The molecular weight excluding hydrogens is 441 g/mol. The molecule has 0 radical (unpaired) electrons. The Morgan fingerprint density at radius 2 is 1.89 bits per heavy atom. The fourth-order valence-electron chi connectivity index (χ4n) is 6.66. The molecule has 0 bridgehead atoms. The average molecular weight is 474 g/mol. The van der Waals surface area contributed by atoms with Gasteiger partial charge in [-0.1, -0.05) is 18.2 Å². The molecule has 1 saturated heterocycles. The summed E-state index contributed by atoms with van der Waals surface area (Å²) < 4.78 is 25.8. The third-order valence-corrected chi connectivity index (χ3v) is 8.42. The smallest absolute Gasteiger partial charge is 0.168 e. The molecule has 35 heavy (non-hydrogen) atoms. The van der Waals surface area contributed by atoms with Crippen LogP contribution in [0.5, 0.6) is 0 Å². The first-order valence-corrected chi connectivity index (χ1v) is 12.8. The number of hydrogen-bond donors (Lipinski definition) is 1. The van der Waals surface area contributed by atoms with Gasteiger partial charge in [0.2, 0.25) is 0 Å². The first kappa shape index (κ1) is 22.8. The van der Waals surface area contributed by atoms with E-state index in [2.05, 4.69) is 24.4 Å². The molecule has 2 N–H and O–H groups in total. The molecule has 6 rings (SSSR count). The second-order valence-corrected chi connectivity index (χ2v) is 10.4. The molecule has 2 aliphatic carbocycles. The number of hydrogen-bond acceptors (Lipinski definition) is 5. The summed E-state index contributed by atoms with van der Waals surface area (Å²) in [4.78, 5) is 9.61. The van der Waals surface area contributed by atoms with Gasteiger partial charge in [0.25, 0.3) is 0 Å². The van der Waals surface area contributed by atoms with E-state index in [1.807, 2.05) is 12.3 Å². The van der Waals surface area contributed by atoms with Crippen molar-refractivity contribution in [1.29, 1.82) is 0 Å². The van der Waals surface area contributed by atoms with Gasteiger partial charge in [-0.25, -0.2) is 4.39 Å². The summed E-state index contributed by atoms with van der Waals surface area (Å²) in [5.74, 6) is -0.263. The lowest BCUT2D eigenvalue weighted by atomic mass is 9.58. The van der Waals surface area contributed by atoms with Crippen LogP contribution in [0.25, 0.3) is 0 Å². The van der Waals surface area contributed by atoms with E-state index < -0.39 is 5.79 Å². The van der Waals surface area contributed by atoms with E-state index in [-0.39, 0.29) is 17.3 Å². The highest BCUT2D eigenvalue weighted by molar-refractivity contribution is 5.40. The minimum Gasteiger partial charge on any atom is -0.348 e. The van der Waals surface area contributed by atoms with Gasteiger partial charge < -0.3 is 15.2 Å². The molecule has 2 fully saturated rings. The Balaban J connectivity index is 1.40. The molecule has 1 spiro atoms. The standard InChI is InChI=1S/C29H32FN3O2/c30-23-9-7-20(8-10-23)27(31)26-16-21-4-3-5-22-17-29(34-14-15-35-29)12-11-28(22,25(21)19-33-26)18-24-6-1-2-13-32-24/h1-2,6-10,13,16,19,22,27H,3-5,11-12,14-15,17-18,31H2/t22-,27?,28+/m1/s1. The molecule has 1 saturated carbocycles. The van der Waals surface area contributed by atoms with Crippen molar-refractivity contribution in [2.24, 2.45) is 11.7 Å². The Hall–Kier alpha value is -2.67. The fraction of sp³-hybridized carbons (Fsp3) is 0.448. The molecule has 2 aromatic heterocycles. The molecule has 0 amide bonds. The summed E-state index contributed by atoms with van der Waals surface area (Å²) in [5.41, 5.74) is 12.0. The number of ether oxygens (including phenoxy) is 2. The van der Waals surface area contributed by atoms with Crippen LogP contribution in [0.4, 0.5) is 4.39 Å². The van der Waals surface area contributed by atoms with E-state index in [1.165, 1.54) is 23.3 Å². The number of aromatic nitrogens is 2. The van der Waals surface area contributed by atoms with E-state index in [9.17, 15) is 4.39 Å². The van der Waals surface area contributed by atoms with E-state index in [0.29, 0.717) is 19.1 Å². The number of aryl methyl sites for hydroxylation is 1. The average Bonchev–Trinajstić information content (AvgIpc) is 3.28. The van der Waals surface area contributed by atoms with Gasteiger partial charge >= 0.3 is 0 Å². The number of pyridine rings is 2. The third kappa shape index (κ3) is 4.18. The van der Waals surface area contributed by atoms with Gasteiger partial charge in [0.15, 0.2) is 5.79 Å². The van der Waals surface area contributed by atoms with Gasteiger partial charge in [-0.05, 0) is 85.0 Å². The van der Waals surface area contributed by atoms with Crippen molar-refractivity contribution >= 4 is 0 Å². The summed E-state index contributed by atoms with van der Waals surface area (Å²) in [7, 11) is 0. The number of rotatable bonds is 4. The molecule has 1 unspecified atom stereocenters. The molecule has 3 atom stereocenters. The molecule has 3 heterocycles. The quantitative estimate of drug-likeness (QED) is 0.576. The SMILES string of the molecule is NC(c1ccc(F)cc1)c1cc2c(cn1)[C@]1(Cc3ccccn3)CCC3(C[C@H]1CCC2)OCCO3. The zero-order chi connectivity index (χ0) is 23.9. The Morgan fingerprint density at radius 1 is 1.06 bits per heavy atom. The minimum absolute atomic E-state index is 0.0632. The normalized spacial score (nSPS) is 26.1. The molecule has 1 aliphatic heterocycles. The molecule has 1 aromatic carbocycles. The zero-order valence-corrected chi connectivity index (χ0v) is 20.0. The predicted molar refractivity (Wildman–Crippen MR) is 131 cm³/mol. The van der Waals surface area contributed by atoms with Crippen LogP contribution in [0.3, 0.4) is 0 Å². The van der Waals surface area contributed by atoms with Crippen LogP contribution >= 0.6 is 0 Å². The molecular formula is C29H32FN3O2. The molecule has 3 aromatic rings. The van der Waals surface area contributed by atoms with Crippen LogP contribution in [0.2, 0.25) is 0 Å². The van der Waals surface area contributed by atoms with E-state index in [0.717, 1.165) is 61.9 Å². The summed E-state index contributed by atoms with van der Waals surface area (Å²) >= 11 is 0. The summed E-state index contributed by atoms with van der Waals surface area (Å²) in [6.45, 7) is 1.37. The van der Waals surface area contributed by atoms with Gasteiger partial charge in [-0.15, -0.1) is 0 Å². The highest BCUT2D eigenvalue weighted by atomic mass is 19.1. The largest absolute Gasteiger partial charge is 0.348 e. The van der Waals surface area contributed by atoms with E-state index >= 15 is 0 Å². The minimum atomic E-state index is -0.429. The Bertz CT molecular complexity index is 1180. The first-order chi connectivity index (χ1) is 17.1. The van der Waals surface area contributed by atoms with Crippen molar-refractivity contribution in [2.45, 2.75) is 62.2 Å². The number of fused-ring (bicyclic) bond motifs is 3. The van der Waals surface area contributed by atoms with Crippen molar-refractivity contribution in [3.63, 3.8) is 0 Å². The second kappa shape index (κ2) is 9.08. The zero-order valence-electron chi connectivity index (χ0n) is 20.0. The van der Waals surface area contributed by atoms with Crippen molar-refractivity contribution in [3.8, 4) is 0 Å². The van der Waals surface area contributed by atoms with Gasteiger partial charge in [0.1, 0.15) is 5.82 Å². The molecule has 6 heteroatoms. The van der Waals surface area contributed by atoms with E-state index in [4.69, 9.17) is 25.2 Å². The van der Waals surface area contributed by atoms with Crippen LogP contribution in [0.1, 0.15) is 66.2 Å². The van der Waals surface area contributed by atoms with Crippen LogP contribution in [0.15, 0.2) is 60.9 Å². The molecule has 5 nitrogen and oxygen atoms in total. The molecule has 3 aliphatic rings. The van der Waals surface area contributed by atoms with Crippen LogP contribution in [0, 0.1) is 11.7 Å². The van der Waals surface area contributed by atoms with Crippen molar-refractivity contribution < 1.29 is 13.9 Å². The van der Waals surface area contributed by atoms with Gasteiger partial charge in [-0.2, -0.15) is 0 Å². The summed E-state index contributed by atoms with van der Waals surface area (Å²) in [6, 6.07) is 14.4. The van der Waals surface area contributed by atoms with Crippen molar-refractivity contribution in [1.82, 2.24) is 9.97 Å². The number of nitrogens with zero attached hydrogens (tertiary/aromatic N) is 2. The lowest BCUT2D eigenvalue weighted by Gasteiger charge is -2.49. The Kier molecular flexibility index (Phi) is 5.91. The first-order valence-electron chi connectivity index (χ1n) is 12.8.